The first kappa shape index (κ1) is 18.6. The van der Waals surface area contributed by atoms with E-state index in [0.717, 1.165) is 29.5 Å². The number of nitrogens with one attached hydrogen (secondary N) is 2. The number of aromatic amines is 1. The van der Waals surface area contributed by atoms with Crippen molar-refractivity contribution in [1.82, 2.24) is 15.2 Å². The van der Waals surface area contributed by atoms with Gasteiger partial charge in [-0.25, -0.2) is 4.79 Å². The number of hydrogen-bond acceptors (Lipinski definition) is 1. The number of aryl methyl sites for hydroxylation is 1. The number of rotatable bonds is 4. The third kappa shape index (κ3) is 3.66. The number of nitrogens with zero attached hydrogens (tertiary/aromatic N) is 1. The molecule has 1 aromatic carbocycles. The van der Waals surface area contributed by atoms with Crippen molar-refractivity contribution in [2.75, 3.05) is 13.1 Å². The molecule has 0 saturated heterocycles. The first-order chi connectivity index (χ1) is 12.4. The van der Waals surface area contributed by atoms with Crippen molar-refractivity contribution in [3.05, 3.63) is 35.5 Å². The van der Waals surface area contributed by atoms with E-state index in [1.54, 1.807) is 12.1 Å². The Labute approximate surface area is 150 Å². The number of benzene rings is 1. The lowest BCUT2D eigenvalue weighted by atomic mass is 10.0. The first-order valence-corrected chi connectivity index (χ1v) is 9.14. The van der Waals surface area contributed by atoms with E-state index in [1.807, 2.05) is 19.1 Å². The van der Waals surface area contributed by atoms with E-state index in [9.17, 15) is 18.0 Å². The van der Waals surface area contributed by atoms with Crippen LogP contribution in [0.15, 0.2) is 24.3 Å². The fraction of sp³-hybridized carbons (Fsp3) is 0.526. The highest BCUT2D eigenvalue weighted by Crippen LogP contribution is 2.42. The van der Waals surface area contributed by atoms with Gasteiger partial charge in [0.25, 0.3) is 0 Å². The van der Waals surface area contributed by atoms with E-state index < -0.39 is 18.2 Å². The summed E-state index contributed by atoms with van der Waals surface area (Å²) < 4.78 is 41.8. The number of carbonyl (C=O) groups excluding carboxylic acids is 1. The Morgan fingerprint density at radius 3 is 2.81 bits per heavy atom. The molecule has 4 nitrogen and oxygen atoms in total. The van der Waals surface area contributed by atoms with Gasteiger partial charge in [0.2, 0.25) is 0 Å². The monoisotopic (exact) mass is 367 g/mol. The van der Waals surface area contributed by atoms with Crippen LogP contribution >= 0.6 is 0 Å². The fourth-order valence-electron chi connectivity index (χ4n) is 3.67. The molecule has 142 valence electrons. The van der Waals surface area contributed by atoms with Crippen LogP contribution in [-0.2, 0) is 6.42 Å². The lowest BCUT2D eigenvalue weighted by molar-refractivity contribution is -0.179. The number of halogens is 3. The normalized spacial score (nSPS) is 17.8. The van der Waals surface area contributed by atoms with Crippen LogP contribution < -0.4 is 5.32 Å². The Morgan fingerprint density at radius 1 is 1.31 bits per heavy atom. The van der Waals surface area contributed by atoms with Crippen LogP contribution in [0.1, 0.15) is 49.9 Å². The zero-order valence-corrected chi connectivity index (χ0v) is 14.8. The van der Waals surface area contributed by atoms with Crippen LogP contribution in [-0.4, -0.2) is 35.2 Å². The highest BCUT2D eigenvalue weighted by molar-refractivity contribution is 5.85. The molecule has 2 N–H and O–H groups in total. The molecule has 1 aliphatic heterocycles. The molecule has 0 bridgehead atoms. The molecular formula is C19H24F3N3O. The van der Waals surface area contributed by atoms with E-state index in [0.29, 0.717) is 30.5 Å². The van der Waals surface area contributed by atoms with Crippen molar-refractivity contribution in [2.45, 2.75) is 51.2 Å². The first-order valence-electron chi connectivity index (χ1n) is 9.14. The summed E-state index contributed by atoms with van der Waals surface area (Å²) in [6.45, 7) is 2.52. The second kappa shape index (κ2) is 7.60. The number of aromatic nitrogens is 1. The third-order valence-electron chi connectivity index (χ3n) is 4.89. The molecule has 2 heterocycles. The van der Waals surface area contributed by atoms with Gasteiger partial charge in [-0.05, 0) is 30.9 Å². The van der Waals surface area contributed by atoms with E-state index in [1.165, 1.54) is 0 Å². The molecule has 26 heavy (non-hydrogen) atoms. The van der Waals surface area contributed by atoms with Gasteiger partial charge in [0.05, 0.1) is 5.69 Å². The molecule has 0 fully saturated rings. The largest absolute Gasteiger partial charge is 0.414 e. The molecule has 1 unspecified atom stereocenters. The van der Waals surface area contributed by atoms with Crippen molar-refractivity contribution < 1.29 is 18.0 Å². The van der Waals surface area contributed by atoms with Crippen LogP contribution in [0.4, 0.5) is 18.0 Å². The second-order valence-corrected chi connectivity index (χ2v) is 6.74. The number of amides is 2. The smallest absolute Gasteiger partial charge is 0.356 e. The Balaban J connectivity index is 1.94. The highest BCUT2D eigenvalue weighted by Gasteiger charge is 2.49. The van der Waals surface area contributed by atoms with Gasteiger partial charge in [-0.1, -0.05) is 38.0 Å². The SMILES string of the molecule is CCCCCNC(=O)N1CCCc2c([nH]c3ccccc23)C1C(F)(F)F. The summed E-state index contributed by atoms with van der Waals surface area (Å²) in [4.78, 5) is 16.4. The van der Waals surface area contributed by atoms with Crippen molar-refractivity contribution in [3.63, 3.8) is 0 Å². The van der Waals surface area contributed by atoms with Gasteiger partial charge in [-0.3, -0.25) is 0 Å². The average Bonchev–Trinajstić information content (AvgIpc) is 2.82. The summed E-state index contributed by atoms with van der Waals surface area (Å²) in [5.74, 6) is 0. The number of carbonyl (C=O) groups is 1. The maximum atomic E-state index is 13.9. The molecule has 1 aromatic heterocycles. The third-order valence-corrected chi connectivity index (χ3v) is 4.89. The molecule has 3 rings (SSSR count). The molecule has 2 aromatic rings. The molecular weight excluding hydrogens is 343 g/mol. The predicted molar refractivity (Wildman–Crippen MR) is 95.0 cm³/mol. The zero-order valence-electron chi connectivity index (χ0n) is 14.8. The van der Waals surface area contributed by atoms with Gasteiger partial charge in [-0.15, -0.1) is 0 Å². The number of urea groups is 1. The Hall–Kier alpha value is -2.18. The van der Waals surface area contributed by atoms with E-state index in [2.05, 4.69) is 10.3 Å². The Kier molecular flexibility index (Phi) is 5.44. The van der Waals surface area contributed by atoms with Crippen molar-refractivity contribution in [1.29, 1.82) is 0 Å². The quantitative estimate of drug-likeness (QED) is 0.741. The van der Waals surface area contributed by atoms with Gasteiger partial charge in [0.1, 0.15) is 0 Å². The lowest BCUT2D eigenvalue weighted by Gasteiger charge is -2.31. The number of unbranched alkanes of at least 4 members (excludes halogenated alkanes) is 2. The van der Waals surface area contributed by atoms with E-state index in [4.69, 9.17) is 0 Å². The molecule has 0 aliphatic carbocycles. The summed E-state index contributed by atoms with van der Waals surface area (Å²) in [7, 11) is 0. The summed E-state index contributed by atoms with van der Waals surface area (Å²) >= 11 is 0. The Morgan fingerprint density at radius 2 is 2.08 bits per heavy atom. The molecule has 7 heteroatoms. The number of fused-ring (bicyclic) bond motifs is 3. The highest BCUT2D eigenvalue weighted by atomic mass is 19.4. The number of hydrogen-bond donors (Lipinski definition) is 2. The van der Waals surface area contributed by atoms with Gasteiger partial charge in [0, 0.05) is 24.0 Å². The zero-order chi connectivity index (χ0) is 18.7. The minimum absolute atomic E-state index is 0.0840. The summed E-state index contributed by atoms with van der Waals surface area (Å²) in [5.41, 5.74) is 1.45. The standard InChI is InChI=1S/C19H24F3N3O/c1-2-3-6-11-23-18(26)25-12-7-9-14-13-8-4-5-10-15(13)24-16(14)17(25)19(20,21)22/h4-5,8,10,17,24H,2-3,6-7,9,11-12H2,1H3,(H,23,26). The maximum Gasteiger partial charge on any atom is 0.414 e. The second-order valence-electron chi connectivity index (χ2n) is 6.74. The molecule has 0 radical (unpaired) electrons. The topological polar surface area (TPSA) is 48.1 Å². The molecule has 0 saturated carbocycles. The maximum absolute atomic E-state index is 13.9. The van der Waals surface area contributed by atoms with E-state index >= 15 is 0 Å². The van der Waals surface area contributed by atoms with Gasteiger partial charge in [0.15, 0.2) is 6.04 Å². The average molecular weight is 367 g/mol. The summed E-state index contributed by atoms with van der Waals surface area (Å²) in [6, 6.07) is 4.63. The lowest BCUT2D eigenvalue weighted by Crippen LogP contribution is -2.47. The minimum atomic E-state index is -4.54. The Bertz CT molecular complexity index is 769. The molecule has 1 aliphatic rings. The van der Waals surface area contributed by atoms with Crippen LogP contribution in [0.25, 0.3) is 10.9 Å². The van der Waals surface area contributed by atoms with Crippen LogP contribution in [0.2, 0.25) is 0 Å². The molecule has 1 atom stereocenters. The van der Waals surface area contributed by atoms with Gasteiger partial charge < -0.3 is 15.2 Å². The van der Waals surface area contributed by atoms with Gasteiger partial charge >= 0.3 is 12.2 Å². The van der Waals surface area contributed by atoms with Crippen LogP contribution in [0.5, 0.6) is 0 Å². The molecule has 2 amide bonds. The van der Waals surface area contributed by atoms with Crippen molar-refractivity contribution >= 4 is 16.9 Å². The molecule has 0 spiro atoms. The van der Waals surface area contributed by atoms with Crippen LogP contribution in [0.3, 0.4) is 0 Å². The van der Waals surface area contributed by atoms with Crippen molar-refractivity contribution in [2.24, 2.45) is 0 Å². The number of alkyl halides is 3. The summed E-state index contributed by atoms with van der Waals surface area (Å²) in [5, 5.41) is 3.46. The van der Waals surface area contributed by atoms with Crippen LogP contribution in [0, 0.1) is 0 Å². The fourth-order valence-corrected chi connectivity index (χ4v) is 3.67. The summed E-state index contributed by atoms with van der Waals surface area (Å²) in [6.07, 6.45) is -0.821. The van der Waals surface area contributed by atoms with Gasteiger partial charge in [-0.2, -0.15) is 13.2 Å². The number of para-hydroxylation sites is 1. The minimum Gasteiger partial charge on any atom is -0.356 e. The van der Waals surface area contributed by atoms with Crippen molar-refractivity contribution in [3.8, 4) is 0 Å². The predicted octanol–water partition coefficient (Wildman–Crippen LogP) is 4.92. The number of H-pyrrole nitrogens is 1. The van der Waals surface area contributed by atoms with E-state index in [-0.39, 0.29) is 12.2 Å².